The molecule has 0 fully saturated rings. The first-order valence-corrected chi connectivity index (χ1v) is 5.64. The third-order valence-corrected chi connectivity index (χ3v) is 2.61. The normalized spacial score (nSPS) is 10.2. The predicted octanol–water partition coefficient (Wildman–Crippen LogP) is 2.09. The Labute approximate surface area is 101 Å². The summed E-state index contributed by atoms with van der Waals surface area (Å²) in [6.45, 7) is 3.86. The van der Waals surface area contributed by atoms with E-state index >= 15 is 0 Å². The number of nitrogens with two attached hydrogens (primary N) is 1. The highest BCUT2D eigenvalue weighted by molar-refractivity contribution is 5.53. The van der Waals surface area contributed by atoms with Gasteiger partial charge in [0.1, 0.15) is 0 Å². The number of nitrogens with zero attached hydrogens (tertiary/aromatic N) is 3. The van der Waals surface area contributed by atoms with Crippen LogP contribution in [0.5, 0.6) is 0 Å². The van der Waals surface area contributed by atoms with Crippen molar-refractivity contribution in [2.24, 2.45) is 0 Å². The zero-order valence-corrected chi connectivity index (χ0v) is 9.87. The first-order chi connectivity index (χ1) is 8.29. The number of rotatable bonds is 4. The summed E-state index contributed by atoms with van der Waals surface area (Å²) in [5.41, 5.74) is 8.71. The number of pyridine rings is 2. The fourth-order valence-corrected chi connectivity index (χ4v) is 1.71. The van der Waals surface area contributed by atoms with E-state index in [4.69, 9.17) is 5.73 Å². The van der Waals surface area contributed by atoms with Crippen LogP contribution in [-0.2, 0) is 6.54 Å². The molecule has 17 heavy (non-hydrogen) atoms. The second kappa shape index (κ2) is 5.30. The second-order valence-electron chi connectivity index (χ2n) is 3.85. The van der Waals surface area contributed by atoms with Crippen molar-refractivity contribution < 1.29 is 0 Å². The van der Waals surface area contributed by atoms with Gasteiger partial charge in [-0.05, 0) is 30.7 Å². The van der Waals surface area contributed by atoms with Crippen molar-refractivity contribution in [3.63, 3.8) is 0 Å². The van der Waals surface area contributed by atoms with E-state index in [-0.39, 0.29) is 0 Å². The molecule has 88 valence electrons. The summed E-state index contributed by atoms with van der Waals surface area (Å²) >= 11 is 0. The van der Waals surface area contributed by atoms with Crippen LogP contribution in [0.2, 0.25) is 0 Å². The maximum atomic E-state index is 5.75. The lowest BCUT2D eigenvalue weighted by atomic mass is 10.2. The third-order valence-electron chi connectivity index (χ3n) is 2.61. The first kappa shape index (κ1) is 11.4. The van der Waals surface area contributed by atoms with Crippen LogP contribution >= 0.6 is 0 Å². The Morgan fingerprint density at radius 3 is 2.59 bits per heavy atom. The zero-order valence-electron chi connectivity index (χ0n) is 9.87. The summed E-state index contributed by atoms with van der Waals surface area (Å²) in [6.07, 6.45) is 7.10. The van der Waals surface area contributed by atoms with Crippen molar-refractivity contribution in [3.8, 4) is 0 Å². The lowest BCUT2D eigenvalue weighted by Crippen LogP contribution is -2.22. The van der Waals surface area contributed by atoms with E-state index in [1.165, 1.54) is 5.56 Å². The lowest BCUT2D eigenvalue weighted by Gasteiger charge is -2.22. The Morgan fingerprint density at radius 2 is 1.94 bits per heavy atom. The number of hydrogen-bond acceptors (Lipinski definition) is 4. The van der Waals surface area contributed by atoms with E-state index in [0.29, 0.717) is 5.69 Å². The van der Waals surface area contributed by atoms with Gasteiger partial charge in [0.15, 0.2) is 0 Å². The molecule has 2 N–H and O–H groups in total. The van der Waals surface area contributed by atoms with Gasteiger partial charge in [-0.15, -0.1) is 0 Å². The van der Waals surface area contributed by atoms with Crippen LogP contribution < -0.4 is 10.6 Å². The summed E-state index contributed by atoms with van der Waals surface area (Å²) in [5, 5.41) is 0. The van der Waals surface area contributed by atoms with Gasteiger partial charge in [-0.3, -0.25) is 9.97 Å². The van der Waals surface area contributed by atoms with E-state index in [2.05, 4.69) is 21.8 Å². The maximum Gasteiger partial charge on any atom is 0.0576 e. The van der Waals surface area contributed by atoms with Crippen molar-refractivity contribution >= 4 is 11.4 Å². The summed E-state index contributed by atoms with van der Waals surface area (Å²) in [5.74, 6) is 0. The van der Waals surface area contributed by atoms with Gasteiger partial charge in [-0.25, -0.2) is 0 Å². The summed E-state index contributed by atoms with van der Waals surface area (Å²) < 4.78 is 0. The smallest absolute Gasteiger partial charge is 0.0576 e. The third kappa shape index (κ3) is 2.93. The minimum atomic E-state index is 0.690. The molecule has 0 amide bonds. The minimum Gasteiger partial charge on any atom is -0.397 e. The Morgan fingerprint density at radius 1 is 1.18 bits per heavy atom. The van der Waals surface area contributed by atoms with E-state index in [9.17, 15) is 0 Å². The molecular weight excluding hydrogens is 212 g/mol. The van der Waals surface area contributed by atoms with Crippen molar-refractivity contribution in [2.45, 2.75) is 13.5 Å². The molecule has 0 spiro atoms. The molecule has 2 rings (SSSR count). The van der Waals surface area contributed by atoms with E-state index in [0.717, 1.165) is 18.8 Å². The van der Waals surface area contributed by atoms with Gasteiger partial charge in [0.25, 0.3) is 0 Å². The van der Waals surface area contributed by atoms with Gasteiger partial charge >= 0.3 is 0 Å². The minimum absolute atomic E-state index is 0.690. The highest BCUT2D eigenvalue weighted by atomic mass is 15.1. The molecule has 0 unspecified atom stereocenters. The van der Waals surface area contributed by atoms with Gasteiger partial charge in [0, 0.05) is 31.7 Å². The average Bonchev–Trinajstić information content (AvgIpc) is 2.37. The summed E-state index contributed by atoms with van der Waals surface area (Å²) in [7, 11) is 0. The van der Waals surface area contributed by atoms with Crippen LogP contribution in [0.3, 0.4) is 0 Å². The van der Waals surface area contributed by atoms with Crippen molar-refractivity contribution in [2.75, 3.05) is 17.2 Å². The van der Waals surface area contributed by atoms with Crippen LogP contribution in [0.25, 0.3) is 0 Å². The molecule has 0 saturated heterocycles. The molecule has 2 heterocycles. The lowest BCUT2D eigenvalue weighted by molar-refractivity contribution is 0.827. The van der Waals surface area contributed by atoms with E-state index in [1.54, 1.807) is 18.6 Å². The molecule has 4 nitrogen and oxygen atoms in total. The SMILES string of the molecule is CCN(Cc1ccncc1)c1cncc(N)c1. The maximum absolute atomic E-state index is 5.75. The predicted molar refractivity (Wildman–Crippen MR) is 69.6 cm³/mol. The molecular formula is C13H16N4. The van der Waals surface area contributed by atoms with Crippen molar-refractivity contribution in [1.29, 1.82) is 0 Å². The molecule has 0 aromatic carbocycles. The Kier molecular flexibility index (Phi) is 3.55. The quantitative estimate of drug-likeness (QED) is 0.870. The average molecular weight is 228 g/mol. The van der Waals surface area contributed by atoms with E-state index < -0.39 is 0 Å². The van der Waals surface area contributed by atoms with Gasteiger partial charge in [-0.1, -0.05) is 0 Å². The number of hydrogen-bond donors (Lipinski definition) is 1. The Balaban J connectivity index is 2.17. The summed E-state index contributed by atoms with van der Waals surface area (Å²) in [4.78, 5) is 10.4. The van der Waals surface area contributed by atoms with Crippen LogP contribution in [0.4, 0.5) is 11.4 Å². The summed E-state index contributed by atoms with van der Waals surface area (Å²) in [6, 6.07) is 5.97. The molecule has 0 bridgehead atoms. The molecule has 0 radical (unpaired) electrons. The van der Waals surface area contributed by atoms with Gasteiger partial charge in [0.05, 0.1) is 17.6 Å². The number of aromatic nitrogens is 2. The molecule has 2 aromatic rings. The number of nitrogen functional groups attached to an aromatic ring is 1. The molecule has 0 aliphatic carbocycles. The molecule has 2 aromatic heterocycles. The fourth-order valence-electron chi connectivity index (χ4n) is 1.71. The molecule has 0 saturated carbocycles. The van der Waals surface area contributed by atoms with Gasteiger partial charge in [-0.2, -0.15) is 0 Å². The van der Waals surface area contributed by atoms with Gasteiger partial charge < -0.3 is 10.6 Å². The fraction of sp³-hybridized carbons (Fsp3) is 0.231. The Bertz CT molecular complexity index is 470. The van der Waals surface area contributed by atoms with Crippen LogP contribution in [0.15, 0.2) is 43.0 Å². The topological polar surface area (TPSA) is 55.0 Å². The molecule has 0 aliphatic rings. The first-order valence-electron chi connectivity index (χ1n) is 5.64. The molecule has 0 atom stereocenters. The van der Waals surface area contributed by atoms with Crippen molar-refractivity contribution in [3.05, 3.63) is 48.5 Å². The zero-order chi connectivity index (χ0) is 12.1. The highest BCUT2D eigenvalue weighted by Crippen LogP contribution is 2.17. The van der Waals surface area contributed by atoms with Crippen LogP contribution in [0.1, 0.15) is 12.5 Å². The van der Waals surface area contributed by atoms with Crippen molar-refractivity contribution in [1.82, 2.24) is 9.97 Å². The second-order valence-corrected chi connectivity index (χ2v) is 3.85. The standard InChI is InChI=1S/C13H16N4/c1-2-17(10-11-3-5-15-6-4-11)13-7-12(14)8-16-9-13/h3-9H,2,10,14H2,1H3. The monoisotopic (exact) mass is 228 g/mol. The van der Waals surface area contributed by atoms with Gasteiger partial charge in [0.2, 0.25) is 0 Å². The Hall–Kier alpha value is -2.10. The highest BCUT2D eigenvalue weighted by Gasteiger charge is 2.05. The largest absolute Gasteiger partial charge is 0.397 e. The van der Waals surface area contributed by atoms with E-state index in [1.807, 2.05) is 24.4 Å². The van der Waals surface area contributed by atoms with Crippen LogP contribution in [-0.4, -0.2) is 16.5 Å². The molecule has 0 aliphatic heterocycles. The van der Waals surface area contributed by atoms with Crippen LogP contribution in [0, 0.1) is 0 Å². The number of anilines is 2. The molecule has 4 heteroatoms.